The van der Waals surface area contributed by atoms with Crippen molar-refractivity contribution in [3.63, 3.8) is 0 Å². The Morgan fingerprint density at radius 3 is 2.42 bits per heavy atom. The SMILES string of the molecule is CCCCCCCC[N+](C)(C)C(C)C=CC1C(C)=CCCC1(C)C. The van der Waals surface area contributed by atoms with Crippen LogP contribution in [-0.4, -0.2) is 31.2 Å². The molecule has 140 valence electrons. The first kappa shape index (κ1) is 21.5. The summed E-state index contributed by atoms with van der Waals surface area (Å²) < 4.78 is 1.11. The molecule has 0 spiro atoms. The lowest BCUT2D eigenvalue weighted by Crippen LogP contribution is -2.47. The van der Waals surface area contributed by atoms with E-state index in [1.54, 1.807) is 5.57 Å². The molecule has 2 atom stereocenters. The van der Waals surface area contributed by atoms with Crippen molar-refractivity contribution in [1.29, 1.82) is 0 Å². The van der Waals surface area contributed by atoms with Crippen LogP contribution in [0, 0.1) is 11.3 Å². The number of allylic oxidation sites excluding steroid dienone is 3. The third-order valence-corrected chi connectivity index (χ3v) is 6.36. The predicted molar refractivity (Wildman–Crippen MR) is 109 cm³/mol. The van der Waals surface area contributed by atoms with Gasteiger partial charge in [-0.3, -0.25) is 0 Å². The Balaban J connectivity index is 2.50. The van der Waals surface area contributed by atoms with Gasteiger partial charge in [-0.1, -0.05) is 64.2 Å². The van der Waals surface area contributed by atoms with Crippen LogP contribution in [-0.2, 0) is 0 Å². The number of hydrogen-bond acceptors (Lipinski definition) is 0. The molecular formula is C23H44N+. The van der Waals surface area contributed by atoms with E-state index in [1.807, 2.05) is 0 Å². The smallest absolute Gasteiger partial charge is 0.104 e. The number of hydrogen-bond donors (Lipinski definition) is 0. The molecule has 1 aliphatic carbocycles. The van der Waals surface area contributed by atoms with Crippen molar-refractivity contribution in [2.45, 2.75) is 92.0 Å². The van der Waals surface area contributed by atoms with E-state index in [4.69, 9.17) is 0 Å². The minimum atomic E-state index is 0.408. The van der Waals surface area contributed by atoms with Gasteiger partial charge >= 0.3 is 0 Å². The number of rotatable bonds is 10. The zero-order valence-electron chi connectivity index (χ0n) is 17.7. The Bertz CT molecular complexity index is 414. The van der Waals surface area contributed by atoms with Crippen LogP contribution < -0.4 is 0 Å². The Morgan fingerprint density at radius 2 is 1.79 bits per heavy atom. The van der Waals surface area contributed by atoms with Crippen molar-refractivity contribution in [3.05, 3.63) is 23.8 Å². The Labute approximate surface area is 152 Å². The third-order valence-electron chi connectivity index (χ3n) is 6.36. The molecule has 0 fully saturated rings. The Hall–Kier alpha value is -0.560. The van der Waals surface area contributed by atoms with Crippen LogP contribution in [0.1, 0.15) is 86.0 Å². The maximum Gasteiger partial charge on any atom is 0.104 e. The second-order valence-corrected chi connectivity index (χ2v) is 9.35. The van der Waals surface area contributed by atoms with Crippen LogP contribution in [0.3, 0.4) is 0 Å². The molecule has 0 bridgehead atoms. The highest BCUT2D eigenvalue weighted by molar-refractivity contribution is 5.19. The molecule has 0 radical (unpaired) electrons. The van der Waals surface area contributed by atoms with E-state index < -0.39 is 0 Å². The van der Waals surface area contributed by atoms with Crippen molar-refractivity contribution in [2.75, 3.05) is 20.6 Å². The lowest BCUT2D eigenvalue weighted by atomic mass is 9.68. The van der Waals surface area contributed by atoms with Crippen LogP contribution in [0.4, 0.5) is 0 Å². The number of unbranched alkanes of at least 4 members (excludes halogenated alkanes) is 5. The maximum atomic E-state index is 2.51. The van der Waals surface area contributed by atoms with Gasteiger partial charge in [0, 0.05) is 5.92 Å². The summed E-state index contributed by atoms with van der Waals surface area (Å²) in [5.74, 6) is 0.614. The summed E-state index contributed by atoms with van der Waals surface area (Å²) in [6.45, 7) is 13.2. The molecule has 0 aromatic heterocycles. The minimum absolute atomic E-state index is 0.408. The van der Waals surface area contributed by atoms with E-state index in [-0.39, 0.29) is 0 Å². The molecule has 0 aliphatic heterocycles. The third kappa shape index (κ3) is 6.75. The van der Waals surface area contributed by atoms with Gasteiger partial charge in [-0.25, -0.2) is 0 Å². The van der Waals surface area contributed by atoms with Gasteiger partial charge in [0.1, 0.15) is 6.04 Å². The van der Waals surface area contributed by atoms with Gasteiger partial charge in [-0.05, 0) is 51.0 Å². The first-order valence-corrected chi connectivity index (χ1v) is 10.4. The van der Waals surface area contributed by atoms with Crippen LogP contribution in [0.2, 0.25) is 0 Å². The zero-order valence-corrected chi connectivity index (χ0v) is 17.7. The number of likely N-dealkylation sites (N-methyl/N-ethyl adjacent to an activating group) is 1. The number of quaternary nitrogens is 1. The molecule has 1 heteroatoms. The van der Waals surface area contributed by atoms with Gasteiger partial charge in [0.15, 0.2) is 0 Å². The molecule has 2 unspecified atom stereocenters. The molecule has 24 heavy (non-hydrogen) atoms. The van der Waals surface area contributed by atoms with E-state index >= 15 is 0 Å². The second kappa shape index (κ2) is 9.80. The summed E-state index contributed by atoms with van der Waals surface area (Å²) in [5.41, 5.74) is 1.97. The van der Waals surface area contributed by atoms with Crippen LogP contribution in [0.25, 0.3) is 0 Å². The standard InChI is InChI=1S/C23H44N/c1-8-9-10-11-12-13-19-24(6,7)21(3)16-17-22-20(2)15-14-18-23(22,4)5/h15-17,21-22H,8-14,18-19H2,1-7H3/q+1. The average molecular weight is 335 g/mol. The van der Waals surface area contributed by atoms with Gasteiger partial charge < -0.3 is 4.48 Å². The fourth-order valence-corrected chi connectivity index (χ4v) is 3.99. The number of nitrogens with zero attached hydrogens (tertiary/aromatic N) is 1. The van der Waals surface area contributed by atoms with Gasteiger partial charge in [0.25, 0.3) is 0 Å². The monoisotopic (exact) mass is 334 g/mol. The van der Waals surface area contributed by atoms with Gasteiger partial charge in [0.05, 0.1) is 20.6 Å². The highest BCUT2D eigenvalue weighted by Crippen LogP contribution is 2.41. The summed E-state index contributed by atoms with van der Waals surface area (Å²) in [7, 11) is 4.80. The molecule has 0 saturated carbocycles. The molecule has 0 amide bonds. The molecule has 0 aromatic rings. The topological polar surface area (TPSA) is 0 Å². The van der Waals surface area contributed by atoms with E-state index in [2.05, 4.69) is 66.9 Å². The van der Waals surface area contributed by atoms with E-state index in [9.17, 15) is 0 Å². The first-order valence-electron chi connectivity index (χ1n) is 10.4. The highest BCUT2D eigenvalue weighted by atomic mass is 15.3. The van der Waals surface area contributed by atoms with Crippen molar-refractivity contribution in [3.8, 4) is 0 Å². The summed E-state index contributed by atoms with van der Waals surface area (Å²) in [5, 5.41) is 0. The zero-order chi connectivity index (χ0) is 18.2. The van der Waals surface area contributed by atoms with E-state index in [0.29, 0.717) is 17.4 Å². The lowest BCUT2D eigenvalue weighted by Gasteiger charge is -2.38. The Kier molecular flexibility index (Phi) is 8.77. The largest absolute Gasteiger partial charge is 0.323 e. The summed E-state index contributed by atoms with van der Waals surface area (Å²) in [6.07, 6.45) is 18.3. The molecule has 0 N–H and O–H groups in total. The normalized spacial score (nSPS) is 22.6. The fraction of sp³-hybridized carbons (Fsp3) is 0.826. The van der Waals surface area contributed by atoms with Crippen molar-refractivity contribution >= 4 is 0 Å². The van der Waals surface area contributed by atoms with Crippen molar-refractivity contribution in [1.82, 2.24) is 0 Å². The molecule has 1 rings (SSSR count). The molecule has 0 heterocycles. The van der Waals surface area contributed by atoms with Crippen molar-refractivity contribution in [2.24, 2.45) is 11.3 Å². The predicted octanol–water partition coefficient (Wildman–Crippen LogP) is 6.75. The average Bonchev–Trinajstić information content (AvgIpc) is 2.49. The van der Waals surface area contributed by atoms with E-state index in [1.165, 1.54) is 57.9 Å². The van der Waals surface area contributed by atoms with Crippen LogP contribution in [0.15, 0.2) is 23.8 Å². The first-order chi connectivity index (χ1) is 11.2. The van der Waals surface area contributed by atoms with E-state index in [0.717, 1.165) is 4.48 Å². The highest BCUT2D eigenvalue weighted by Gasteiger charge is 2.31. The molecule has 0 aromatic carbocycles. The second-order valence-electron chi connectivity index (χ2n) is 9.35. The molecule has 0 saturated heterocycles. The molecular weight excluding hydrogens is 290 g/mol. The fourth-order valence-electron chi connectivity index (χ4n) is 3.99. The van der Waals surface area contributed by atoms with Gasteiger partial charge in [-0.2, -0.15) is 0 Å². The lowest BCUT2D eigenvalue weighted by molar-refractivity contribution is -0.906. The van der Waals surface area contributed by atoms with Crippen LogP contribution >= 0.6 is 0 Å². The molecule has 1 aliphatic rings. The van der Waals surface area contributed by atoms with Gasteiger partial charge in [-0.15, -0.1) is 0 Å². The maximum absolute atomic E-state index is 2.51. The Morgan fingerprint density at radius 1 is 1.17 bits per heavy atom. The minimum Gasteiger partial charge on any atom is -0.323 e. The summed E-state index contributed by atoms with van der Waals surface area (Å²) >= 11 is 0. The summed E-state index contributed by atoms with van der Waals surface area (Å²) in [4.78, 5) is 0. The van der Waals surface area contributed by atoms with Gasteiger partial charge in [0.2, 0.25) is 0 Å². The van der Waals surface area contributed by atoms with Crippen LogP contribution in [0.5, 0.6) is 0 Å². The molecule has 1 nitrogen and oxygen atoms in total. The van der Waals surface area contributed by atoms with Crippen molar-refractivity contribution < 1.29 is 4.48 Å². The summed E-state index contributed by atoms with van der Waals surface area (Å²) in [6, 6.07) is 0.589. The quantitative estimate of drug-likeness (QED) is 0.235.